The number of benzene rings is 2. The van der Waals surface area contributed by atoms with Crippen LogP contribution in [0.1, 0.15) is 130 Å². The molecule has 282 valence electrons. The van der Waals surface area contributed by atoms with Crippen LogP contribution in [0, 0.1) is 11.8 Å². The van der Waals surface area contributed by atoms with E-state index in [0.29, 0.717) is 24.3 Å². The first-order chi connectivity index (χ1) is 22.8. The molecule has 50 heavy (non-hydrogen) atoms. The van der Waals surface area contributed by atoms with Crippen LogP contribution in [0.5, 0.6) is 11.5 Å². The molecule has 0 amide bonds. The summed E-state index contributed by atoms with van der Waals surface area (Å²) in [5.74, 6) is -0.892. The number of hydrogen-bond acceptors (Lipinski definition) is 6. The van der Waals surface area contributed by atoms with Crippen molar-refractivity contribution in [3.8, 4) is 11.5 Å². The summed E-state index contributed by atoms with van der Waals surface area (Å²) in [6, 6.07) is 7.95. The fourth-order valence-corrected chi connectivity index (χ4v) is 5.35. The standard InChI is InChI=1S/C38H58O6.3C2H4/c1-23(17-25-19-27(35(3,4)5)31(39)28(20-25)36(6,7)8)33(41)43-15-16-44-34(42)24(2)18-26-21-29(37(9,10)11)32(40)30(22-26)38(12,13)14;3*1-2/h19-24,39-40H,15-18H2,1-14H3;3*1-2H2. The van der Waals surface area contributed by atoms with Gasteiger partial charge >= 0.3 is 11.9 Å². The van der Waals surface area contributed by atoms with Crippen LogP contribution in [-0.2, 0) is 53.6 Å². The number of carbonyl (C=O) groups is 2. The second-order valence-electron chi connectivity index (χ2n) is 16.6. The van der Waals surface area contributed by atoms with Gasteiger partial charge in [0.15, 0.2) is 0 Å². The number of aromatic hydroxyl groups is 2. The molecule has 0 radical (unpaired) electrons. The highest BCUT2D eigenvalue weighted by Crippen LogP contribution is 2.41. The summed E-state index contributed by atoms with van der Waals surface area (Å²) in [6.45, 7) is 46.4. The molecular formula is C44H70O6. The number of rotatable bonds is 9. The average Bonchev–Trinajstić information content (AvgIpc) is 3.01. The van der Waals surface area contributed by atoms with Crippen LogP contribution in [0.15, 0.2) is 63.7 Å². The van der Waals surface area contributed by atoms with Gasteiger partial charge in [-0.05, 0) is 67.9 Å². The van der Waals surface area contributed by atoms with Crippen LogP contribution in [0.3, 0.4) is 0 Å². The highest BCUT2D eigenvalue weighted by atomic mass is 16.6. The normalized spacial score (nSPS) is 12.8. The monoisotopic (exact) mass is 695 g/mol. The molecule has 0 aliphatic rings. The smallest absolute Gasteiger partial charge is 0.309 e. The lowest BCUT2D eigenvalue weighted by Gasteiger charge is -2.28. The van der Waals surface area contributed by atoms with E-state index in [0.717, 1.165) is 33.4 Å². The highest BCUT2D eigenvalue weighted by Gasteiger charge is 2.29. The number of phenolic OH excluding ortho intramolecular Hbond substituents is 2. The lowest BCUT2D eigenvalue weighted by Crippen LogP contribution is -2.23. The third-order valence-electron chi connectivity index (χ3n) is 8.03. The minimum absolute atomic E-state index is 0.0146. The van der Waals surface area contributed by atoms with Crippen molar-refractivity contribution < 1.29 is 29.3 Å². The first-order valence-corrected chi connectivity index (χ1v) is 17.4. The summed E-state index contributed by atoms with van der Waals surface area (Å²) in [6.07, 6.45) is 0.948. The molecule has 2 aromatic rings. The van der Waals surface area contributed by atoms with Crippen LogP contribution < -0.4 is 0 Å². The lowest BCUT2D eigenvalue weighted by molar-refractivity contribution is -0.156. The summed E-state index contributed by atoms with van der Waals surface area (Å²) in [7, 11) is 0. The zero-order valence-corrected chi connectivity index (χ0v) is 34.1. The van der Waals surface area contributed by atoms with Crippen molar-refractivity contribution in [3.63, 3.8) is 0 Å². The van der Waals surface area contributed by atoms with E-state index in [2.05, 4.69) is 123 Å². The van der Waals surface area contributed by atoms with Gasteiger partial charge in [-0.3, -0.25) is 9.59 Å². The van der Waals surface area contributed by atoms with E-state index in [4.69, 9.17) is 9.47 Å². The van der Waals surface area contributed by atoms with Crippen molar-refractivity contribution in [3.05, 3.63) is 97.1 Å². The second-order valence-corrected chi connectivity index (χ2v) is 16.6. The van der Waals surface area contributed by atoms with Gasteiger partial charge in [0.05, 0.1) is 11.8 Å². The van der Waals surface area contributed by atoms with Gasteiger partial charge in [-0.25, -0.2) is 0 Å². The fraction of sp³-hybridized carbons (Fsp3) is 0.545. The lowest BCUT2D eigenvalue weighted by atomic mass is 9.77. The van der Waals surface area contributed by atoms with Crippen LogP contribution in [0.2, 0.25) is 0 Å². The number of phenols is 2. The van der Waals surface area contributed by atoms with Gasteiger partial charge in [0.1, 0.15) is 24.7 Å². The first kappa shape index (κ1) is 48.3. The molecule has 2 aromatic carbocycles. The second kappa shape index (κ2) is 20.1. The van der Waals surface area contributed by atoms with E-state index in [1.807, 2.05) is 38.1 Å². The first-order valence-electron chi connectivity index (χ1n) is 17.4. The van der Waals surface area contributed by atoms with E-state index in [1.54, 1.807) is 0 Å². The van der Waals surface area contributed by atoms with Gasteiger partial charge in [0.2, 0.25) is 0 Å². The topological polar surface area (TPSA) is 93.1 Å². The molecule has 2 N–H and O–H groups in total. The van der Waals surface area contributed by atoms with Gasteiger partial charge in [-0.15, -0.1) is 39.5 Å². The molecule has 0 fully saturated rings. The Labute approximate surface area is 305 Å². The van der Waals surface area contributed by atoms with Gasteiger partial charge in [-0.1, -0.05) is 121 Å². The highest BCUT2D eigenvalue weighted by molar-refractivity contribution is 5.73. The summed E-state index contributed by atoms with van der Waals surface area (Å²) in [5.41, 5.74) is 4.37. The predicted molar refractivity (Wildman–Crippen MR) is 212 cm³/mol. The molecule has 0 saturated carbocycles. The van der Waals surface area contributed by atoms with Crippen LogP contribution in [0.4, 0.5) is 0 Å². The van der Waals surface area contributed by atoms with Gasteiger partial charge in [0, 0.05) is 0 Å². The van der Waals surface area contributed by atoms with Gasteiger partial charge < -0.3 is 19.7 Å². The van der Waals surface area contributed by atoms with Crippen molar-refractivity contribution in [2.75, 3.05) is 13.2 Å². The maximum Gasteiger partial charge on any atom is 0.309 e. The minimum Gasteiger partial charge on any atom is -0.507 e. The fourth-order valence-electron chi connectivity index (χ4n) is 5.35. The molecule has 0 heterocycles. The Bertz CT molecular complexity index is 1200. The maximum atomic E-state index is 12.8. The van der Waals surface area contributed by atoms with E-state index < -0.39 is 11.8 Å². The molecule has 0 spiro atoms. The minimum atomic E-state index is -0.404. The zero-order valence-electron chi connectivity index (χ0n) is 34.1. The van der Waals surface area contributed by atoms with Crippen molar-refractivity contribution in [1.82, 2.24) is 0 Å². The Morgan fingerprint density at radius 1 is 0.520 bits per heavy atom. The van der Waals surface area contributed by atoms with Crippen LogP contribution in [-0.4, -0.2) is 35.4 Å². The summed E-state index contributed by atoms with van der Waals surface area (Å²) in [5, 5.41) is 22.0. The van der Waals surface area contributed by atoms with Gasteiger partial charge in [-0.2, -0.15) is 0 Å². The Kier molecular flexibility index (Phi) is 19.5. The molecule has 0 aliphatic carbocycles. The molecule has 0 bridgehead atoms. The molecule has 6 nitrogen and oxygen atoms in total. The van der Waals surface area contributed by atoms with Crippen molar-refractivity contribution in [1.29, 1.82) is 0 Å². The summed E-state index contributed by atoms with van der Waals surface area (Å²) < 4.78 is 10.9. The van der Waals surface area contributed by atoms with Crippen LogP contribution >= 0.6 is 0 Å². The Morgan fingerprint density at radius 3 is 0.900 bits per heavy atom. The predicted octanol–water partition coefficient (Wildman–Crippen LogP) is 10.8. The van der Waals surface area contributed by atoms with E-state index >= 15 is 0 Å². The van der Waals surface area contributed by atoms with E-state index in [9.17, 15) is 19.8 Å². The van der Waals surface area contributed by atoms with Crippen molar-refractivity contribution in [2.24, 2.45) is 11.8 Å². The average molecular weight is 695 g/mol. The van der Waals surface area contributed by atoms with Gasteiger partial charge in [0.25, 0.3) is 0 Å². The number of esters is 2. The molecule has 2 rings (SSSR count). The van der Waals surface area contributed by atoms with Crippen molar-refractivity contribution in [2.45, 2.75) is 131 Å². The molecular weight excluding hydrogens is 624 g/mol. The maximum absolute atomic E-state index is 12.8. The number of hydrogen-bond donors (Lipinski definition) is 2. The third kappa shape index (κ3) is 14.6. The molecule has 0 aliphatic heterocycles. The van der Waals surface area contributed by atoms with Crippen LogP contribution in [0.25, 0.3) is 0 Å². The Hall–Kier alpha value is -3.80. The van der Waals surface area contributed by atoms with E-state index in [-0.39, 0.29) is 46.8 Å². The summed E-state index contributed by atoms with van der Waals surface area (Å²) >= 11 is 0. The Morgan fingerprint density at radius 2 is 0.720 bits per heavy atom. The zero-order chi connectivity index (χ0) is 40.0. The molecule has 2 unspecified atom stereocenters. The number of ether oxygens (including phenoxy) is 2. The number of carbonyl (C=O) groups excluding carboxylic acids is 2. The Balaban J connectivity index is 0. The molecule has 2 atom stereocenters. The molecule has 0 aromatic heterocycles. The van der Waals surface area contributed by atoms with E-state index in [1.165, 1.54) is 0 Å². The largest absolute Gasteiger partial charge is 0.507 e. The quantitative estimate of drug-likeness (QED) is 0.154. The molecule has 6 heteroatoms. The third-order valence-corrected chi connectivity index (χ3v) is 8.03. The molecule has 0 saturated heterocycles. The SMILES string of the molecule is C=C.C=C.C=C.CC(Cc1cc(C(C)(C)C)c(O)c(C(C)(C)C)c1)C(=O)OCCOC(=O)C(C)Cc1cc(C(C)(C)C)c(O)c(C(C)(C)C)c1. The summed E-state index contributed by atoms with van der Waals surface area (Å²) in [4.78, 5) is 25.6. The van der Waals surface area contributed by atoms with Crippen molar-refractivity contribution >= 4 is 11.9 Å².